The third-order valence-corrected chi connectivity index (χ3v) is 3.55. The summed E-state index contributed by atoms with van der Waals surface area (Å²) in [4.78, 5) is 13.5. The second kappa shape index (κ2) is 5.27. The molecule has 0 saturated carbocycles. The number of benzene rings is 1. The largest absolute Gasteiger partial charge is 0.469 e. The van der Waals surface area contributed by atoms with Crippen LogP contribution in [0.4, 0.5) is 10.1 Å². The maximum Gasteiger partial charge on any atom is 0.310 e. The van der Waals surface area contributed by atoms with Crippen molar-refractivity contribution in [2.75, 3.05) is 25.1 Å². The SMILES string of the molecule is COC(=O)C1CN(c2ccc(C#N)c(F)c2)CC1C. The van der Waals surface area contributed by atoms with Gasteiger partial charge in [0.1, 0.15) is 11.9 Å². The van der Waals surface area contributed by atoms with E-state index in [1.165, 1.54) is 19.2 Å². The van der Waals surface area contributed by atoms with Crippen molar-refractivity contribution in [2.24, 2.45) is 11.8 Å². The number of carbonyl (C=O) groups excluding carboxylic acids is 1. The monoisotopic (exact) mass is 262 g/mol. The number of hydrogen-bond donors (Lipinski definition) is 0. The van der Waals surface area contributed by atoms with Gasteiger partial charge >= 0.3 is 5.97 Å². The molecular weight excluding hydrogens is 247 g/mol. The topological polar surface area (TPSA) is 53.3 Å². The van der Waals surface area contributed by atoms with E-state index in [1.54, 1.807) is 12.1 Å². The summed E-state index contributed by atoms with van der Waals surface area (Å²) in [5.41, 5.74) is 0.718. The van der Waals surface area contributed by atoms with Gasteiger partial charge in [0.2, 0.25) is 0 Å². The van der Waals surface area contributed by atoms with Crippen LogP contribution in [0.15, 0.2) is 18.2 Å². The van der Waals surface area contributed by atoms with Crippen molar-refractivity contribution in [2.45, 2.75) is 6.92 Å². The van der Waals surface area contributed by atoms with Gasteiger partial charge in [0, 0.05) is 18.8 Å². The molecule has 2 unspecified atom stereocenters. The zero-order valence-corrected chi connectivity index (χ0v) is 10.9. The molecule has 1 aliphatic rings. The molecule has 0 radical (unpaired) electrons. The number of hydrogen-bond acceptors (Lipinski definition) is 4. The lowest BCUT2D eigenvalue weighted by molar-refractivity contribution is -0.145. The number of methoxy groups -OCH3 is 1. The van der Waals surface area contributed by atoms with Crippen LogP contribution < -0.4 is 4.90 Å². The van der Waals surface area contributed by atoms with E-state index in [0.29, 0.717) is 18.8 Å². The van der Waals surface area contributed by atoms with Gasteiger partial charge in [-0.15, -0.1) is 0 Å². The molecule has 0 aliphatic carbocycles. The fourth-order valence-electron chi connectivity index (χ4n) is 2.43. The number of halogens is 1. The summed E-state index contributed by atoms with van der Waals surface area (Å²) in [6, 6.07) is 6.29. The van der Waals surface area contributed by atoms with Crippen LogP contribution in [-0.4, -0.2) is 26.2 Å². The van der Waals surface area contributed by atoms with E-state index in [0.717, 1.165) is 0 Å². The van der Waals surface area contributed by atoms with Crippen LogP contribution in [0.25, 0.3) is 0 Å². The van der Waals surface area contributed by atoms with E-state index in [4.69, 9.17) is 10.00 Å². The molecule has 1 saturated heterocycles. The van der Waals surface area contributed by atoms with Gasteiger partial charge < -0.3 is 9.64 Å². The zero-order valence-electron chi connectivity index (χ0n) is 10.9. The zero-order chi connectivity index (χ0) is 14.0. The molecule has 19 heavy (non-hydrogen) atoms. The van der Waals surface area contributed by atoms with Crippen molar-refractivity contribution >= 4 is 11.7 Å². The Kier molecular flexibility index (Phi) is 3.70. The minimum absolute atomic E-state index is 0.0283. The summed E-state index contributed by atoms with van der Waals surface area (Å²) in [5.74, 6) is -0.798. The number of rotatable bonds is 2. The van der Waals surface area contributed by atoms with E-state index in [1.807, 2.05) is 11.8 Å². The summed E-state index contributed by atoms with van der Waals surface area (Å²) in [6.07, 6.45) is 0. The number of ether oxygens (including phenoxy) is 1. The molecule has 0 aromatic heterocycles. The Hall–Kier alpha value is -2.09. The fraction of sp³-hybridized carbons (Fsp3) is 0.429. The lowest BCUT2D eigenvalue weighted by Crippen LogP contribution is -2.24. The molecule has 4 nitrogen and oxygen atoms in total. The molecule has 2 atom stereocenters. The summed E-state index contributed by atoms with van der Waals surface area (Å²) >= 11 is 0. The second-order valence-corrected chi connectivity index (χ2v) is 4.79. The molecule has 100 valence electrons. The first kappa shape index (κ1) is 13.3. The Morgan fingerprint density at radius 1 is 1.53 bits per heavy atom. The number of nitrogens with zero attached hydrogens (tertiary/aromatic N) is 2. The number of anilines is 1. The van der Waals surface area contributed by atoms with Crippen molar-refractivity contribution in [1.29, 1.82) is 5.26 Å². The van der Waals surface area contributed by atoms with Crippen LogP contribution in [-0.2, 0) is 9.53 Å². The number of esters is 1. The predicted molar refractivity (Wildman–Crippen MR) is 68.0 cm³/mol. The molecule has 1 fully saturated rings. The van der Waals surface area contributed by atoms with Crippen LogP contribution in [0.1, 0.15) is 12.5 Å². The highest BCUT2D eigenvalue weighted by Gasteiger charge is 2.35. The first-order chi connectivity index (χ1) is 9.06. The predicted octanol–water partition coefficient (Wildman–Crippen LogP) is 1.94. The summed E-state index contributed by atoms with van der Waals surface area (Å²) in [6.45, 7) is 3.16. The Morgan fingerprint density at radius 2 is 2.26 bits per heavy atom. The maximum atomic E-state index is 13.6. The second-order valence-electron chi connectivity index (χ2n) is 4.79. The smallest absolute Gasteiger partial charge is 0.310 e. The molecule has 1 aliphatic heterocycles. The van der Waals surface area contributed by atoms with Gasteiger partial charge in [-0.3, -0.25) is 4.79 Å². The molecule has 1 aromatic carbocycles. The molecule has 0 bridgehead atoms. The first-order valence-electron chi connectivity index (χ1n) is 6.09. The maximum absolute atomic E-state index is 13.6. The van der Waals surface area contributed by atoms with E-state index < -0.39 is 5.82 Å². The van der Waals surface area contributed by atoms with E-state index in [9.17, 15) is 9.18 Å². The average Bonchev–Trinajstić information content (AvgIpc) is 2.80. The van der Waals surface area contributed by atoms with Gasteiger partial charge in [-0.25, -0.2) is 4.39 Å². The van der Waals surface area contributed by atoms with E-state index in [-0.39, 0.29) is 23.4 Å². The Bertz CT molecular complexity index is 539. The Balaban J connectivity index is 2.19. The van der Waals surface area contributed by atoms with Gasteiger partial charge in [-0.05, 0) is 24.1 Å². The van der Waals surface area contributed by atoms with Crippen molar-refractivity contribution in [3.63, 3.8) is 0 Å². The van der Waals surface area contributed by atoms with Gasteiger partial charge in [0.05, 0.1) is 18.6 Å². The highest BCUT2D eigenvalue weighted by Crippen LogP contribution is 2.29. The van der Waals surface area contributed by atoms with Gasteiger partial charge in [0.25, 0.3) is 0 Å². The van der Waals surface area contributed by atoms with Crippen molar-refractivity contribution < 1.29 is 13.9 Å². The summed E-state index contributed by atoms with van der Waals surface area (Å²) in [5, 5.41) is 8.70. The van der Waals surface area contributed by atoms with Crippen molar-refractivity contribution in [3.8, 4) is 6.07 Å². The molecule has 1 aromatic rings. The van der Waals surface area contributed by atoms with Crippen LogP contribution in [0, 0.1) is 29.0 Å². The average molecular weight is 262 g/mol. The minimum Gasteiger partial charge on any atom is -0.469 e. The van der Waals surface area contributed by atoms with Crippen LogP contribution in [0.2, 0.25) is 0 Å². The van der Waals surface area contributed by atoms with E-state index in [2.05, 4.69) is 0 Å². The van der Waals surface area contributed by atoms with Crippen LogP contribution in [0.3, 0.4) is 0 Å². The molecular formula is C14H15FN2O2. The highest BCUT2D eigenvalue weighted by atomic mass is 19.1. The normalized spacial score (nSPS) is 22.1. The Labute approximate surface area is 111 Å². The quantitative estimate of drug-likeness (QED) is 0.764. The first-order valence-corrected chi connectivity index (χ1v) is 6.09. The Morgan fingerprint density at radius 3 is 2.84 bits per heavy atom. The van der Waals surface area contributed by atoms with Crippen LogP contribution >= 0.6 is 0 Å². The molecule has 5 heteroatoms. The van der Waals surface area contributed by atoms with Gasteiger partial charge in [-0.2, -0.15) is 5.26 Å². The van der Waals surface area contributed by atoms with E-state index >= 15 is 0 Å². The molecule has 1 heterocycles. The lowest BCUT2D eigenvalue weighted by Gasteiger charge is -2.18. The highest BCUT2D eigenvalue weighted by molar-refractivity contribution is 5.74. The van der Waals surface area contributed by atoms with Gasteiger partial charge in [0.15, 0.2) is 0 Å². The standard InChI is InChI=1S/C14H15FN2O2/c1-9-7-17(8-12(9)14(18)19-2)11-4-3-10(6-16)13(15)5-11/h3-5,9,12H,7-8H2,1-2H3. The number of carbonyl (C=O) groups is 1. The van der Waals surface area contributed by atoms with Crippen molar-refractivity contribution in [1.82, 2.24) is 0 Å². The molecule has 0 N–H and O–H groups in total. The van der Waals surface area contributed by atoms with Crippen molar-refractivity contribution in [3.05, 3.63) is 29.6 Å². The molecule has 0 spiro atoms. The van der Waals surface area contributed by atoms with Gasteiger partial charge in [-0.1, -0.05) is 6.92 Å². The minimum atomic E-state index is -0.533. The fourth-order valence-corrected chi connectivity index (χ4v) is 2.43. The summed E-state index contributed by atoms with van der Waals surface area (Å²) < 4.78 is 18.3. The third kappa shape index (κ3) is 2.53. The molecule has 0 amide bonds. The number of nitriles is 1. The molecule has 2 rings (SSSR count). The van der Waals surface area contributed by atoms with Crippen LogP contribution in [0.5, 0.6) is 0 Å². The lowest BCUT2D eigenvalue weighted by atomic mass is 9.99. The summed E-state index contributed by atoms with van der Waals surface area (Å²) in [7, 11) is 1.37. The third-order valence-electron chi connectivity index (χ3n) is 3.55.